The highest BCUT2D eigenvalue weighted by Gasteiger charge is 2.73. The molecule has 0 radical (unpaired) electrons. The Morgan fingerprint density at radius 2 is 2.18 bits per heavy atom. The minimum absolute atomic E-state index is 0.0281. The first kappa shape index (κ1) is 22.6. The summed E-state index contributed by atoms with van der Waals surface area (Å²) < 4.78 is 17.8. The Morgan fingerprint density at radius 1 is 1.45 bits per heavy atom. The van der Waals surface area contributed by atoms with Gasteiger partial charge in [0.05, 0.1) is 12.3 Å². The number of fused-ring (bicyclic) bond motifs is 3. The molecule has 6 N–H and O–H groups in total. The number of hydrogen-bond donors (Lipinski definition) is 4. The van der Waals surface area contributed by atoms with Crippen molar-refractivity contribution in [2.45, 2.75) is 23.6 Å². The van der Waals surface area contributed by atoms with Crippen molar-refractivity contribution in [1.29, 1.82) is 0 Å². The molecule has 0 aliphatic carbocycles. The summed E-state index contributed by atoms with van der Waals surface area (Å²) in [6, 6.07) is -1.40. The van der Waals surface area contributed by atoms with E-state index in [4.69, 9.17) is 21.0 Å². The number of carboxylic acid groups (broad SMARTS) is 1. The van der Waals surface area contributed by atoms with E-state index >= 15 is 0 Å². The molecule has 0 spiro atoms. The first-order valence-electron chi connectivity index (χ1n) is 9.22. The fraction of sp³-hybridized carbons (Fsp3) is 0.438. The lowest BCUT2D eigenvalue weighted by Crippen LogP contribution is -2.83. The van der Waals surface area contributed by atoms with Gasteiger partial charge in [-0.1, -0.05) is 5.16 Å². The predicted octanol–water partition coefficient (Wildman–Crippen LogP) is -3.31. The van der Waals surface area contributed by atoms with Crippen LogP contribution < -0.4 is 16.8 Å². The number of nitrogens with one attached hydrogen (secondary N) is 1. The zero-order chi connectivity index (χ0) is 24.1. The molecule has 0 bridgehead atoms. The molecule has 5 atom stereocenters. The van der Waals surface area contributed by atoms with Gasteiger partial charge in [-0.05, 0) is 0 Å². The van der Waals surface area contributed by atoms with Crippen LogP contribution in [0.25, 0.3) is 0 Å². The van der Waals surface area contributed by atoms with Crippen molar-refractivity contribution in [2.75, 3.05) is 18.1 Å². The number of carboxylic acids is 1. The Balaban J connectivity index is 1.59. The van der Waals surface area contributed by atoms with Gasteiger partial charge in [0.15, 0.2) is 17.5 Å². The summed E-state index contributed by atoms with van der Waals surface area (Å²) >= 11 is 0.982. The molecule has 0 aromatic carbocycles. The van der Waals surface area contributed by atoms with Crippen molar-refractivity contribution in [1.82, 2.24) is 15.2 Å². The fourth-order valence-electron chi connectivity index (χ4n) is 3.86. The van der Waals surface area contributed by atoms with E-state index in [9.17, 15) is 33.3 Å². The molecule has 4 rings (SSSR count). The van der Waals surface area contributed by atoms with Gasteiger partial charge in [-0.2, -0.15) is 0 Å². The van der Waals surface area contributed by atoms with E-state index in [2.05, 4.69) is 15.5 Å². The summed E-state index contributed by atoms with van der Waals surface area (Å²) in [6.45, 7) is -0.646. The maximum atomic E-state index is 12.9. The monoisotopic (exact) mass is 500 g/mol. The van der Waals surface area contributed by atoms with Crippen LogP contribution in [0.4, 0.5) is 5.13 Å². The van der Waals surface area contributed by atoms with Gasteiger partial charge in [-0.25, -0.2) is 9.78 Å². The number of β-lactam (4-membered cyclic amide) rings is 1. The van der Waals surface area contributed by atoms with E-state index < -0.39 is 75.8 Å². The number of hydrogen-bond acceptors (Lipinski definition) is 12. The highest BCUT2D eigenvalue weighted by Crippen LogP contribution is 2.47. The molecule has 176 valence electrons. The zero-order valence-corrected chi connectivity index (χ0v) is 18.1. The number of rotatable bonds is 7. The van der Waals surface area contributed by atoms with Crippen molar-refractivity contribution in [3.05, 3.63) is 11.1 Å². The van der Waals surface area contributed by atoms with Crippen LogP contribution in [0.5, 0.6) is 0 Å². The van der Waals surface area contributed by atoms with Gasteiger partial charge in [0.2, 0.25) is 0 Å². The average Bonchev–Trinajstić information content (AvgIpc) is 3.30. The number of anilines is 1. The number of aliphatic carboxylic acids is 1. The maximum absolute atomic E-state index is 12.9. The van der Waals surface area contributed by atoms with Crippen LogP contribution in [-0.4, -0.2) is 84.1 Å². The van der Waals surface area contributed by atoms with Crippen LogP contribution in [0.3, 0.4) is 0 Å². The summed E-state index contributed by atoms with van der Waals surface area (Å²) in [4.78, 5) is 69.8. The van der Waals surface area contributed by atoms with Crippen LogP contribution in [0.15, 0.2) is 10.5 Å². The number of thiazole rings is 1. The van der Waals surface area contributed by atoms with Gasteiger partial charge < -0.3 is 31.5 Å². The van der Waals surface area contributed by atoms with Crippen molar-refractivity contribution in [2.24, 2.45) is 16.8 Å². The van der Waals surface area contributed by atoms with Crippen molar-refractivity contribution in [3.63, 3.8) is 0 Å². The van der Waals surface area contributed by atoms with Gasteiger partial charge in [-0.15, -0.1) is 11.3 Å². The van der Waals surface area contributed by atoms with E-state index in [1.54, 1.807) is 0 Å². The third-order valence-corrected chi connectivity index (χ3v) is 7.63. The van der Waals surface area contributed by atoms with Crippen molar-refractivity contribution < 1.29 is 42.9 Å². The quantitative estimate of drug-likeness (QED) is 0.125. The molecular weight excluding hydrogens is 484 g/mol. The number of ether oxygens (including phenoxy) is 1. The van der Waals surface area contributed by atoms with E-state index in [1.807, 2.05) is 0 Å². The molecule has 33 heavy (non-hydrogen) atoms. The zero-order valence-electron chi connectivity index (χ0n) is 16.5. The molecular formula is C16H16N6O9S2. The molecule has 3 aliphatic heterocycles. The van der Waals surface area contributed by atoms with Gasteiger partial charge in [0.1, 0.15) is 17.1 Å². The second-order valence-electron chi connectivity index (χ2n) is 7.22. The van der Waals surface area contributed by atoms with Gasteiger partial charge in [0, 0.05) is 21.9 Å². The second kappa shape index (κ2) is 8.07. The molecule has 1 aromatic rings. The van der Waals surface area contributed by atoms with Crippen LogP contribution in [0, 0.1) is 5.92 Å². The van der Waals surface area contributed by atoms with Gasteiger partial charge in [-0.3, -0.25) is 28.3 Å². The lowest BCUT2D eigenvalue weighted by Gasteiger charge is -2.56. The third kappa shape index (κ3) is 3.58. The van der Waals surface area contributed by atoms with Crippen LogP contribution in [-0.2, 0) is 44.3 Å². The molecule has 4 heterocycles. The number of aromatic nitrogens is 1. The number of nitrogens with zero attached hydrogens (tertiary/aromatic N) is 3. The maximum Gasteiger partial charge on any atom is 0.370 e. The number of carbonyl (C=O) groups excluding carboxylic acids is 4. The normalized spacial score (nSPS) is 30.5. The number of primary amides is 1. The first-order chi connectivity index (χ1) is 15.6. The predicted molar refractivity (Wildman–Crippen MR) is 108 cm³/mol. The average molecular weight is 500 g/mol. The van der Waals surface area contributed by atoms with Crippen LogP contribution in [0.2, 0.25) is 0 Å². The summed E-state index contributed by atoms with van der Waals surface area (Å²) in [5, 5.41) is 15.8. The Labute approximate surface area is 190 Å². The number of nitrogens with two attached hydrogens (primary N) is 2. The molecule has 3 amide bonds. The first-order valence-corrected chi connectivity index (χ1v) is 11.5. The molecule has 17 heteroatoms. The minimum atomic E-state index is -2.28. The number of esters is 1. The van der Waals surface area contributed by atoms with Gasteiger partial charge in [0.25, 0.3) is 23.4 Å². The van der Waals surface area contributed by atoms with Crippen molar-refractivity contribution in [3.8, 4) is 0 Å². The highest BCUT2D eigenvalue weighted by atomic mass is 32.2. The van der Waals surface area contributed by atoms with E-state index in [0.717, 1.165) is 16.2 Å². The Kier molecular flexibility index (Phi) is 5.52. The molecule has 15 nitrogen and oxygen atoms in total. The van der Waals surface area contributed by atoms with E-state index in [0.29, 0.717) is 0 Å². The van der Waals surface area contributed by atoms with E-state index in [1.165, 1.54) is 5.38 Å². The number of nitrogen functional groups attached to an aromatic ring is 1. The lowest BCUT2D eigenvalue weighted by molar-refractivity contribution is -0.216. The summed E-state index contributed by atoms with van der Waals surface area (Å²) in [5.41, 5.74) is 7.78. The summed E-state index contributed by atoms with van der Waals surface area (Å²) in [7, 11) is -1.80. The second-order valence-corrected chi connectivity index (χ2v) is 9.69. The summed E-state index contributed by atoms with van der Waals surface area (Å²) in [5.74, 6) is -6.37. The van der Waals surface area contributed by atoms with Gasteiger partial charge >= 0.3 is 11.9 Å². The van der Waals surface area contributed by atoms with Crippen LogP contribution >= 0.6 is 11.3 Å². The third-order valence-electron chi connectivity index (χ3n) is 5.21. The molecule has 0 saturated carbocycles. The largest absolute Gasteiger partial charge is 0.477 e. The highest BCUT2D eigenvalue weighted by molar-refractivity contribution is 7.85. The smallest absolute Gasteiger partial charge is 0.370 e. The lowest BCUT2D eigenvalue weighted by atomic mass is 9.89. The Morgan fingerprint density at radius 3 is 2.79 bits per heavy atom. The summed E-state index contributed by atoms with van der Waals surface area (Å²) in [6.07, 6.45) is -0.301. The number of oxime groups is 1. The topological polar surface area (TPSA) is 234 Å². The Bertz CT molecular complexity index is 1140. The van der Waals surface area contributed by atoms with E-state index in [-0.39, 0.29) is 23.0 Å². The fourth-order valence-corrected chi connectivity index (χ4v) is 6.33. The Hall–Kier alpha value is -3.60. The standard InChI is InChI=1S/C16H16N6O9S2/c17-7(23)2-30-21-9(6-3-32-15(18)19-6)11(25)20-10-12(26)22-13(10)33(29)4-5-1-8(24)31-16(5,22)14(27)28/h3,5,10,13H,1-2,4H2,(H2,17,23)(H2,18,19)(H,20,25)(H,27,28)/b21-9-/t5-,10+,13+,16+,33-/m0/s1. The number of carbonyl (C=O) groups is 5. The number of amides is 3. The minimum Gasteiger partial charge on any atom is -0.477 e. The molecule has 0 unspecified atom stereocenters. The van der Waals surface area contributed by atoms with Crippen molar-refractivity contribution >= 4 is 62.6 Å². The SMILES string of the molecule is NC(=O)CO/N=C(\C(=O)N[C@@H]1C(=O)N2[C@@H]1[S@@](=O)C[C@@H]1CC(=O)O[C@@]12C(=O)O)c1csc(N)n1. The molecule has 1 aromatic heterocycles. The molecule has 3 saturated heterocycles. The molecule has 3 fully saturated rings. The molecule has 3 aliphatic rings. The van der Waals surface area contributed by atoms with Crippen LogP contribution in [0.1, 0.15) is 12.1 Å².